The van der Waals surface area contributed by atoms with Crippen LogP contribution in [0.5, 0.6) is 0 Å². The molecule has 3 unspecified atom stereocenters. The van der Waals surface area contributed by atoms with Crippen molar-refractivity contribution < 1.29 is 4.79 Å². The lowest BCUT2D eigenvalue weighted by Crippen LogP contribution is -2.54. The molecule has 0 aromatic rings. The molecule has 1 N–H and O–H groups in total. The van der Waals surface area contributed by atoms with Crippen molar-refractivity contribution in [1.82, 2.24) is 15.1 Å². The Balaban J connectivity index is 2.02. The third-order valence-corrected chi connectivity index (χ3v) is 4.57. The number of carbonyl (C=O) groups excluding carboxylic acids is 1. The normalized spacial score (nSPS) is 34.1. The van der Waals surface area contributed by atoms with Gasteiger partial charge in [0, 0.05) is 25.2 Å². The standard InChI is InChI=1S/C15H29N3O/c1-4-13-11-17(3)9-6-10-18(13)15(19)14-8-5-7-12(2)16-14/h12-14,16H,4-11H2,1-3H3. The first-order chi connectivity index (χ1) is 9.11. The number of nitrogens with one attached hydrogen (secondary N) is 1. The largest absolute Gasteiger partial charge is 0.337 e. The van der Waals surface area contributed by atoms with Gasteiger partial charge in [0.25, 0.3) is 0 Å². The molecule has 110 valence electrons. The highest BCUT2D eigenvalue weighted by atomic mass is 16.2. The van der Waals surface area contributed by atoms with E-state index < -0.39 is 0 Å². The molecule has 1 amide bonds. The minimum atomic E-state index is 0.0567. The molecule has 2 aliphatic heterocycles. The van der Waals surface area contributed by atoms with Crippen LogP contribution in [0, 0.1) is 0 Å². The second kappa shape index (κ2) is 6.71. The molecule has 4 heteroatoms. The molecule has 0 aliphatic carbocycles. The van der Waals surface area contributed by atoms with E-state index in [1.807, 2.05) is 0 Å². The Morgan fingerprint density at radius 2 is 2.05 bits per heavy atom. The zero-order valence-corrected chi connectivity index (χ0v) is 12.7. The topological polar surface area (TPSA) is 35.6 Å². The zero-order chi connectivity index (χ0) is 13.8. The van der Waals surface area contributed by atoms with Crippen molar-refractivity contribution in [3.05, 3.63) is 0 Å². The van der Waals surface area contributed by atoms with Crippen molar-refractivity contribution in [2.24, 2.45) is 0 Å². The lowest BCUT2D eigenvalue weighted by atomic mass is 9.98. The van der Waals surface area contributed by atoms with E-state index in [1.165, 1.54) is 12.8 Å². The molecule has 2 saturated heterocycles. The van der Waals surface area contributed by atoms with Gasteiger partial charge in [0.15, 0.2) is 0 Å². The lowest BCUT2D eigenvalue weighted by molar-refractivity contribution is -0.136. The molecular formula is C15H29N3O. The van der Waals surface area contributed by atoms with Crippen LogP contribution >= 0.6 is 0 Å². The molecule has 4 nitrogen and oxygen atoms in total. The molecule has 0 radical (unpaired) electrons. The van der Waals surface area contributed by atoms with Gasteiger partial charge in [-0.05, 0) is 52.6 Å². The van der Waals surface area contributed by atoms with Crippen LogP contribution in [0.25, 0.3) is 0 Å². The number of rotatable bonds is 2. The molecule has 3 atom stereocenters. The maximum absolute atomic E-state index is 12.8. The molecule has 0 aromatic heterocycles. The van der Waals surface area contributed by atoms with Crippen molar-refractivity contribution in [3.8, 4) is 0 Å². The first-order valence-corrected chi connectivity index (χ1v) is 7.87. The zero-order valence-electron chi connectivity index (χ0n) is 12.7. The maximum Gasteiger partial charge on any atom is 0.240 e. The van der Waals surface area contributed by atoms with Crippen molar-refractivity contribution in [2.45, 2.75) is 64.1 Å². The first-order valence-electron chi connectivity index (χ1n) is 7.87. The Bertz CT molecular complexity index is 308. The summed E-state index contributed by atoms with van der Waals surface area (Å²) in [5, 5.41) is 3.48. The molecule has 0 aromatic carbocycles. The van der Waals surface area contributed by atoms with Gasteiger partial charge in [-0.1, -0.05) is 6.92 Å². The predicted octanol–water partition coefficient (Wildman–Crippen LogP) is 1.46. The highest BCUT2D eigenvalue weighted by Gasteiger charge is 2.32. The molecule has 2 aliphatic rings. The average molecular weight is 267 g/mol. The fourth-order valence-corrected chi connectivity index (χ4v) is 3.42. The van der Waals surface area contributed by atoms with E-state index in [0.717, 1.165) is 38.9 Å². The van der Waals surface area contributed by atoms with Crippen molar-refractivity contribution in [1.29, 1.82) is 0 Å². The van der Waals surface area contributed by atoms with Gasteiger partial charge in [-0.15, -0.1) is 0 Å². The number of nitrogens with zero attached hydrogens (tertiary/aromatic N) is 2. The summed E-state index contributed by atoms with van der Waals surface area (Å²) in [6.07, 6.45) is 5.53. The molecule has 2 rings (SSSR count). The Kier molecular flexibility index (Phi) is 5.22. The number of likely N-dealkylation sites (N-methyl/N-ethyl adjacent to an activating group) is 1. The molecule has 19 heavy (non-hydrogen) atoms. The number of hydrogen-bond donors (Lipinski definition) is 1. The lowest BCUT2D eigenvalue weighted by Gasteiger charge is -2.36. The molecule has 0 saturated carbocycles. The Morgan fingerprint density at radius 3 is 2.74 bits per heavy atom. The van der Waals surface area contributed by atoms with E-state index >= 15 is 0 Å². The van der Waals surface area contributed by atoms with E-state index in [1.54, 1.807) is 0 Å². The van der Waals surface area contributed by atoms with Crippen molar-refractivity contribution in [3.63, 3.8) is 0 Å². The molecule has 2 fully saturated rings. The quantitative estimate of drug-likeness (QED) is 0.823. The van der Waals surface area contributed by atoms with Gasteiger partial charge in [0.1, 0.15) is 0 Å². The van der Waals surface area contributed by atoms with E-state index in [2.05, 4.69) is 36.0 Å². The van der Waals surface area contributed by atoms with Crippen LogP contribution in [-0.4, -0.2) is 60.5 Å². The fourth-order valence-electron chi connectivity index (χ4n) is 3.42. The monoisotopic (exact) mass is 267 g/mol. The van der Waals surface area contributed by atoms with E-state index in [9.17, 15) is 4.79 Å². The van der Waals surface area contributed by atoms with E-state index in [4.69, 9.17) is 0 Å². The van der Waals surface area contributed by atoms with Crippen molar-refractivity contribution >= 4 is 5.91 Å². The van der Waals surface area contributed by atoms with Crippen LogP contribution < -0.4 is 5.32 Å². The van der Waals surface area contributed by atoms with E-state index in [-0.39, 0.29) is 6.04 Å². The van der Waals surface area contributed by atoms with Gasteiger partial charge in [-0.2, -0.15) is 0 Å². The Labute approximate surface area is 117 Å². The summed E-state index contributed by atoms with van der Waals surface area (Å²) in [6.45, 7) is 7.43. The summed E-state index contributed by atoms with van der Waals surface area (Å²) in [6, 6.07) is 0.928. The Hall–Kier alpha value is -0.610. The van der Waals surface area contributed by atoms with Gasteiger partial charge in [0.05, 0.1) is 6.04 Å². The average Bonchev–Trinajstić information content (AvgIpc) is 2.59. The van der Waals surface area contributed by atoms with Gasteiger partial charge >= 0.3 is 0 Å². The minimum Gasteiger partial charge on any atom is -0.337 e. The Morgan fingerprint density at radius 1 is 1.26 bits per heavy atom. The molecular weight excluding hydrogens is 238 g/mol. The first kappa shape index (κ1) is 14.8. The van der Waals surface area contributed by atoms with Crippen LogP contribution in [-0.2, 0) is 4.79 Å². The van der Waals surface area contributed by atoms with Gasteiger partial charge < -0.3 is 15.1 Å². The number of hydrogen-bond acceptors (Lipinski definition) is 3. The summed E-state index contributed by atoms with van der Waals surface area (Å²) in [5.41, 5.74) is 0. The van der Waals surface area contributed by atoms with Crippen molar-refractivity contribution in [2.75, 3.05) is 26.7 Å². The second-order valence-corrected chi connectivity index (χ2v) is 6.26. The number of piperidine rings is 1. The highest BCUT2D eigenvalue weighted by Crippen LogP contribution is 2.18. The molecule has 0 bridgehead atoms. The van der Waals surface area contributed by atoms with Gasteiger partial charge in [-0.25, -0.2) is 0 Å². The molecule has 0 spiro atoms. The summed E-state index contributed by atoms with van der Waals surface area (Å²) < 4.78 is 0. The summed E-state index contributed by atoms with van der Waals surface area (Å²) >= 11 is 0. The fraction of sp³-hybridized carbons (Fsp3) is 0.933. The third kappa shape index (κ3) is 3.69. The smallest absolute Gasteiger partial charge is 0.240 e. The SMILES string of the molecule is CCC1CN(C)CCCN1C(=O)C1CCCC(C)N1. The third-order valence-electron chi connectivity index (χ3n) is 4.57. The van der Waals surface area contributed by atoms with Crippen LogP contribution in [0.15, 0.2) is 0 Å². The van der Waals surface area contributed by atoms with Crippen LogP contribution in [0.1, 0.15) is 46.0 Å². The van der Waals surface area contributed by atoms with Crippen LogP contribution in [0.4, 0.5) is 0 Å². The maximum atomic E-state index is 12.8. The van der Waals surface area contributed by atoms with E-state index in [0.29, 0.717) is 18.0 Å². The number of carbonyl (C=O) groups is 1. The molecule has 2 heterocycles. The summed E-state index contributed by atoms with van der Waals surface area (Å²) in [5.74, 6) is 0.341. The van der Waals surface area contributed by atoms with Crippen LogP contribution in [0.3, 0.4) is 0 Å². The predicted molar refractivity (Wildman–Crippen MR) is 78.1 cm³/mol. The number of amides is 1. The second-order valence-electron chi connectivity index (χ2n) is 6.26. The summed E-state index contributed by atoms with van der Waals surface area (Å²) in [7, 11) is 2.16. The highest BCUT2D eigenvalue weighted by molar-refractivity contribution is 5.82. The summed E-state index contributed by atoms with van der Waals surface area (Å²) in [4.78, 5) is 17.3. The van der Waals surface area contributed by atoms with Crippen LogP contribution in [0.2, 0.25) is 0 Å². The van der Waals surface area contributed by atoms with Gasteiger partial charge in [0.2, 0.25) is 5.91 Å². The minimum absolute atomic E-state index is 0.0567. The van der Waals surface area contributed by atoms with Gasteiger partial charge in [-0.3, -0.25) is 4.79 Å².